The quantitative estimate of drug-likeness (QED) is 0.709. The van der Waals surface area contributed by atoms with Gasteiger partial charge in [-0.05, 0) is 29.2 Å². The van der Waals surface area contributed by atoms with E-state index in [1.807, 2.05) is 18.3 Å². The molecule has 22 heavy (non-hydrogen) atoms. The van der Waals surface area contributed by atoms with Crippen molar-refractivity contribution in [1.29, 1.82) is 0 Å². The Kier molecular flexibility index (Phi) is 4.71. The summed E-state index contributed by atoms with van der Waals surface area (Å²) in [5.74, 6) is 1.51. The molecular weight excluding hydrogens is 292 g/mol. The van der Waals surface area contributed by atoms with E-state index in [9.17, 15) is 0 Å². The summed E-state index contributed by atoms with van der Waals surface area (Å²) in [7, 11) is 0. The molecule has 0 fully saturated rings. The second-order valence-corrected chi connectivity index (χ2v) is 6.69. The predicted molar refractivity (Wildman–Crippen MR) is 90.9 cm³/mol. The van der Waals surface area contributed by atoms with Crippen molar-refractivity contribution in [2.45, 2.75) is 32.9 Å². The first-order chi connectivity index (χ1) is 10.7. The van der Waals surface area contributed by atoms with E-state index in [1.54, 1.807) is 17.6 Å². The molecule has 3 rings (SSSR count). The maximum Gasteiger partial charge on any atom is 0.117 e. The summed E-state index contributed by atoms with van der Waals surface area (Å²) in [4.78, 5) is 5.71. The SMILES string of the molecule is CC(C)c1ccc(-c2cnc(CNCc3ccco3)s2)cc1. The van der Waals surface area contributed by atoms with Crippen molar-refractivity contribution in [3.05, 3.63) is 65.2 Å². The van der Waals surface area contributed by atoms with E-state index in [0.29, 0.717) is 5.92 Å². The molecule has 1 N–H and O–H groups in total. The molecule has 0 aliphatic rings. The molecule has 4 heteroatoms. The van der Waals surface area contributed by atoms with Gasteiger partial charge in [0.25, 0.3) is 0 Å². The van der Waals surface area contributed by atoms with Gasteiger partial charge in [-0.15, -0.1) is 11.3 Å². The van der Waals surface area contributed by atoms with Crippen LogP contribution in [0.3, 0.4) is 0 Å². The number of aromatic nitrogens is 1. The minimum Gasteiger partial charge on any atom is -0.468 e. The Morgan fingerprint density at radius 2 is 1.95 bits per heavy atom. The minimum atomic E-state index is 0.567. The Hall–Kier alpha value is -1.91. The summed E-state index contributed by atoms with van der Waals surface area (Å²) in [5, 5.41) is 4.44. The first kappa shape index (κ1) is 15.0. The van der Waals surface area contributed by atoms with Crippen LogP contribution in [0, 0.1) is 0 Å². The average Bonchev–Trinajstić information content (AvgIpc) is 3.19. The fourth-order valence-corrected chi connectivity index (χ4v) is 3.16. The zero-order valence-electron chi connectivity index (χ0n) is 12.9. The van der Waals surface area contributed by atoms with Gasteiger partial charge in [0.15, 0.2) is 0 Å². The minimum absolute atomic E-state index is 0.567. The lowest BCUT2D eigenvalue weighted by Gasteiger charge is -2.05. The van der Waals surface area contributed by atoms with Gasteiger partial charge in [0.2, 0.25) is 0 Å². The lowest BCUT2D eigenvalue weighted by molar-refractivity contribution is 0.483. The van der Waals surface area contributed by atoms with Crippen LogP contribution in [-0.2, 0) is 13.1 Å². The predicted octanol–water partition coefficient (Wildman–Crippen LogP) is 4.82. The van der Waals surface area contributed by atoms with Gasteiger partial charge in [-0.2, -0.15) is 0 Å². The van der Waals surface area contributed by atoms with Crippen LogP contribution >= 0.6 is 11.3 Å². The van der Waals surface area contributed by atoms with Crippen LogP contribution in [0.5, 0.6) is 0 Å². The first-order valence-corrected chi connectivity index (χ1v) is 8.32. The van der Waals surface area contributed by atoms with Crippen LogP contribution in [0.15, 0.2) is 53.3 Å². The molecule has 3 nitrogen and oxygen atoms in total. The number of rotatable bonds is 6. The smallest absolute Gasteiger partial charge is 0.117 e. The number of nitrogens with one attached hydrogen (secondary N) is 1. The van der Waals surface area contributed by atoms with Crippen LogP contribution in [0.2, 0.25) is 0 Å². The first-order valence-electron chi connectivity index (χ1n) is 7.50. The molecule has 0 bridgehead atoms. The second-order valence-electron chi connectivity index (χ2n) is 5.58. The molecule has 1 aromatic carbocycles. The molecule has 0 unspecified atom stereocenters. The third kappa shape index (κ3) is 3.64. The Balaban J connectivity index is 1.60. The van der Waals surface area contributed by atoms with Crippen LogP contribution in [0.4, 0.5) is 0 Å². The van der Waals surface area contributed by atoms with Crippen molar-refractivity contribution in [1.82, 2.24) is 10.3 Å². The van der Waals surface area contributed by atoms with E-state index >= 15 is 0 Å². The van der Waals surface area contributed by atoms with Gasteiger partial charge in [0.1, 0.15) is 10.8 Å². The van der Waals surface area contributed by atoms with Crippen LogP contribution in [-0.4, -0.2) is 4.98 Å². The van der Waals surface area contributed by atoms with Gasteiger partial charge in [-0.25, -0.2) is 4.98 Å². The lowest BCUT2D eigenvalue weighted by Crippen LogP contribution is -2.11. The molecular formula is C18H20N2OS. The highest BCUT2D eigenvalue weighted by molar-refractivity contribution is 7.15. The van der Waals surface area contributed by atoms with Crippen LogP contribution in [0.25, 0.3) is 10.4 Å². The summed E-state index contributed by atoms with van der Waals surface area (Å²) in [6, 6.07) is 12.6. The molecule has 0 radical (unpaired) electrons. The molecule has 0 aliphatic carbocycles. The molecule has 0 saturated heterocycles. The summed E-state index contributed by atoms with van der Waals surface area (Å²) >= 11 is 1.73. The highest BCUT2D eigenvalue weighted by Gasteiger charge is 2.06. The van der Waals surface area contributed by atoms with E-state index < -0.39 is 0 Å². The Labute approximate surface area is 135 Å². The Morgan fingerprint density at radius 1 is 1.14 bits per heavy atom. The third-order valence-electron chi connectivity index (χ3n) is 3.57. The molecule has 2 heterocycles. The third-order valence-corrected chi connectivity index (χ3v) is 4.62. The number of furan rings is 1. The largest absolute Gasteiger partial charge is 0.468 e. The fourth-order valence-electron chi connectivity index (χ4n) is 2.26. The number of hydrogen-bond acceptors (Lipinski definition) is 4. The van der Waals surface area contributed by atoms with E-state index in [0.717, 1.165) is 23.9 Å². The number of hydrogen-bond donors (Lipinski definition) is 1. The normalized spacial score (nSPS) is 11.2. The zero-order valence-corrected chi connectivity index (χ0v) is 13.7. The molecule has 0 aliphatic heterocycles. The van der Waals surface area contributed by atoms with E-state index in [4.69, 9.17) is 4.42 Å². The van der Waals surface area contributed by atoms with E-state index in [-0.39, 0.29) is 0 Å². The highest BCUT2D eigenvalue weighted by Crippen LogP contribution is 2.27. The molecule has 114 valence electrons. The number of benzene rings is 1. The van der Waals surface area contributed by atoms with Gasteiger partial charge in [-0.3, -0.25) is 0 Å². The van der Waals surface area contributed by atoms with Gasteiger partial charge >= 0.3 is 0 Å². The lowest BCUT2D eigenvalue weighted by atomic mass is 10.0. The van der Waals surface area contributed by atoms with Crippen molar-refractivity contribution in [3.63, 3.8) is 0 Å². The monoisotopic (exact) mass is 312 g/mol. The van der Waals surface area contributed by atoms with Gasteiger partial charge in [0, 0.05) is 12.7 Å². The average molecular weight is 312 g/mol. The molecule has 3 aromatic rings. The number of nitrogens with zero attached hydrogens (tertiary/aromatic N) is 1. The highest BCUT2D eigenvalue weighted by atomic mass is 32.1. The molecule has 0 atom stereocenters. The van der Waals surface area contributed by atoms with Gasteiger partial charge in [0.05, 0.1) is 17.7 Å². The standard InChI is InChI=1S/C18H20N2OS/c1-13(2)14-5-7-15(8-6-14)17-11-20-18(22-17)12-19-10-16-4-3-9-21-16/h3-9,11,13,19H,10,12H2,1-2H3. The van der Waals surface area contributed by atoms with Gasteiger partial charge in [-0.1, -0.05) is 38.1 Å². The second kappa shape index (κ2) is 6.90. The van der Waals surface area contributed by atoms with Crippen molar-refractivity contribution in [3.8, 4) is 10.4 Å². The Bertz CT molecular complexity index is 699. The van der Waals surface area contributed by atoms with Crippen molar-refractivity contribution in [2.75, 3.05) is 0 Å². The Morgan fingerprint density at radius 3 is 2.64 bits per heavy atom. The topological polar surface area (TPSA) is 38.1 Å². The molecule has 0 saturated carbocycles. The number of thiazole rings is 1. The molecule has 0 amide bonds. The van der Waals surface area contributed by atoms with Gasteiger partial charge < -0.3 is 9.73 Å². The van der Waals surface area contributed by atoms with Crippen LogP contribution < -0.4 is 5.32 Å². The zero-order chi connectivity index (χ0) is 15.4. The molecule has 2 aromatic heterocycles. The summed E-state index contributed by atoms with van der Waals surface area (Å²) < 4.78 is 5.30. The summed E-state index contributed by atoms with van der Waals surface area (Å²) in [6.07, 6.45) is 3.65. The summed E-state index contributed by atoms with van der Waals surface area (Å²) in [5.41, 5.74) is 2.60. The fraction of sp³-hybridized carbons (Fsp3) is 0.278. The maximum absolute atomic E-state index is 5.30. The van der Waals surface area contributed by atoms with Crippen molar-refractivity contribution in [2.24, 2.45) is 0 Å². The van der Waals surface area contributed by atoms with Crippen molar-refractivity contribution >= 4 is 11.3 Å². The summed E-state index contributed by atoms with van der Waals surface area (Å²) in [6.45, 7) is 5.91. The maximum atomic E-state index is 5.30. The van der Waals surface area contributed by atoms with E-state index in [1.165, 1.54) is 16.0 Å². The molecule has 0 spiro atoms. The van der Waals surface area contributed by atoms with Crippen LogP contribution in [0.1, 0.15) is 36.1 Å². The van der Waals surface area contributed by atoms with Crippen molar-refractivity contribution < 1.29 is 4.42 Å². The van der Waals surface area contributed by atoms with E-state index in [2.05, 4.69) is 48.4 Å².